The summed E-state index contributed by atoms with van der Waals surface area (Å²) in [5, 5.41) is 39.5. The first-order chi connectivity index (χ1) is 11.6. The third kappa shape index (κ3) is 5.74. The number of aryl methyl sites for hydroxylation is 1. The summed E-state index contributed by atoms with van der Waals surface area (Å²) in [7, 11) is -4.91. The minimum absolute atomic E-state index is 0.0991. The maximum atomic E-state index is 11.0. The average molecular weight is 370 g/mol. The monoisotopic (exact) mass is 370 g/mol. The Balaban J connectivity index is 2.15. The van der Waals surface area contributed by atoms with Crippen LogP contribution in [0.3, 0.4) is 0 Å². The third-order valence-corrected chi connectivity index (χ3v) is 3.95. The van der Waals surface area contributed by atoms with Crippen molar-refractivity contribution in [1.29, 1.82) is 0 Å². The highest BCUT2D eigenvalue weighted by molar-refractivity contribution is 7.46. The molecule has 0 saturated carbocycles. The predicted octanol–water partition coefficient (Wildman–Crippen LogP) is 1.73. The average Bonchev–Trinajstić information content (AvgIpc) is 2.47. The summed E-state index contributed by atoms with van der Waals surface area (Å²) in [6.45, 7) is 0. The van der Waals surface area contributed by atoms with Gasteiger partial charge in [-0.05, 0) is 48.7 Å². The van der Waals surface area contributed by atoms with Crippen molar-refractivity contribution in [2.75, 3.05) is 0 Å². The topological polar surface area (TPSA) is 148 Å². The highest BCUT2D eigenvalue weighted by atomic mass is 31.2. The molecule has 9 heteroatoms. The van der Waals surface area contributed by atoms with Gasteiger partial charge in [0, 0.05) is 6.42 Å². The van der Waals surface area contributed by atoms with Gasteiger partial charge in [0.1, 0.15) is 17.2 Å². The van der Waals surface area contributed by atoms with E-state index in [0.717, 1.165) is 23.8 Å². The number of phenols is 2. The SMILES string of the molecule is O=P(O)(O)Oc1ccc(O)cc1C(O)(O)CCCc1cccc(O)c1. The van der Waals surface area contributed by atoms with Crippen molar-refractivity contribution in [3.05, 3.63) is 53.6 Å². The lowest BCUT2D eigenvalue weighted by Crippen LogP contribution is -2.26. The molecule has 0 fully saturated rings. The van der Waals surface area contributed by atoms with Crippen LogP contribution in [0.15, 0.2) is 42.5 Å². The molecule has 0 unspecified atom stereocenters. The second-order valence-corrected chi connectivity index (χ2v) is 6.77. The maximum Gasteiger partial charge on any atom is 0.524 e. The van der Waals surface area contributed by atoms with E-state index in [2.05, 4.69) is 4.52 Å². The molecule has 25 heavy (non-hydrogen) atoms. The van der Waals surface area contributed by atoms with Crippen molar-refractivity contribution in [3.8, 4) is 17.2 Å². The van der Waals surface area contributed by atoms with Crippen molar-refractivity contribution in [1.82, 2.24) is 0 Å². The van der Waals surface area contributed by atoms with Crippen molar-refractivity contribution in [2.45, 2.75) is 25.0 Å². The van der Waals surface area contributed by atoms with Crippen LogP contribution < -0.4 is 4.52 Å². The lowest BCUT2D eigenvalue weighted by Gasteiger charge is -2.25. The van der Waals surface area contributed by atoms with Crippen LogP contribution in [-0.2, 0) is 16.8 Å². The van der Waals surface area contributed by atoms with Gasteiger partial charge in [0.25, 0.3) is 0 Å². The summed E-state index contributed by atoms with van der Waals surface area (Å²) in [5.41, 5.74) is 0.435. The molecule has 0 saturated heterocycles. The number of rotatable bonds is 7. The molecule has 0 atom stereocenters. The lowest BCUT2D eigenvalue weighted by molar-refractivity contribution is -0.175. The van der Waals surface area contributed by atoms with Gasteiger partial charge < -0.3 is 24.9 Å². The molecule has 0 amide bonds. The summed E-state index contributed by atoms with van der Waals surface area (Å²) in [6.07, 6.45) is 0.538. The highest BCUT2D eigenvalue weighted by Gasteiger charge is 2.32. The van der Waals surface area contributed by atoms with Crippen LogP contribution in [-0.4, -0.2) is 30.2 Å². The van der Waals surface area contributed by atoms with E-state index in [0.29, 0.717) is 12.8 Å². The fourth-order valence-corrected chi connectivity index (χ4v) is 2.84. The molecule has 0 heterocycles. The molecule has 6 N–H and O–H groups in total. The van der Waals surface area contributed by atoms with Gasteiger partial charge in [-0.3, -0.25) is 9.79 Å². The molecule has 2 aromatic carbocycles. The van der Waals surface area contributed by atoms with E-state index in [1.165, 1.54) is 6.07 Å². The largest absolute Gasteiger partial charge is 0.524 e. The molecule has 2 aromatic rings. The van der Waals surface area contributed by atoms with Gasteiger partial charge in [-0.1, -0.05) is 12.1 Å². The van der Waals surface area contributed by atoms with E-state index in [-0.39, 0.29) is 23.5 Å². The van der Waals surface area contributed by atoms with Crippen LogP contribution in [0, 0.1) is 0 Å². The Morgan fingerprint density at radius 1 is 1.00 bits per heavy atom. The second-order valence-electron chi connectivity index (χ2n) is 5.60. The van der Waals surface area contributed by atoms with Crippen molar-refractivity contribution in [3.63, 3.8) is 0 Å². The van der Waals surface area contributed by atoms with Crippen LogP contribution in [0.2, 0.25) is 0 Å². The van der Waals surface area contributed by atoms with Gasteiger partial charge in [0.2, 0.25) is 0 Å². The minimum Gasteiger partial charge on any atom is -0.508 e. The molecule has 8 nitrogen and oxygen atoms in total. The van der Waals surface area contributed by atoms with Crippen LogP contribution >= 0.6 is 7.82 Å². The molecule has 0 bridgehead atoms. The highest BCUT2D eigenvalue weighted by Crippen LogP contribution is 2.43. The second kappa shape index (κ2) is 7.43. The number of aliphatic hydroxyl groups is 2. The zero-order valence-electron chi connectivity index (χ0n) is 13.1. The summed E-state index contributed by atoms with van der Waals surface area (Å²) >= 11 is 0. The van der Waals surface area contributed by atoms with Crippen molar-refractivity contribution < 1.29 is 39.3 Å². The lowest BCUT2D eigenvalue weighted by atomic mass is 9.97. The van der Waals surface area contributed by atoms with Gasteiger partial charge in [0.15, 0.2) is 5.79 Å². The molecule has 2 rings (SSSR count). The Bertz CT molecular complexity index is 783. The van der Waals surface area contributed by atoms with Crippen molar-refractivity contribution in [2.24, 2.45) is 0 Å². The maximum absolute atomic E-state index is 11.0. The molecule has 0 aliphatic heterocycles. The van der Waals surface area contributed by atoms with Gasteiger partial charge >= 0.3 is 7.82 Å². The molecule has 0 spiro atoms. The van der Waals surface area contributed by atoms with E-state index < -0.39 is 19.4 Å². The van der Waals surface area contributed by atoms with E-state index in [4.69, 9.17) is 9.79 Å². The Morgan fingerprint density at radius 3 is 2.32 bits per heavy atom. The van der Waals surface area contributed by atoms with E-state index >= 15 is 0 Å². The smallest absolute Gasteiger partial charge is 0.508 e. The standard InChI is InChI=1S/C16H19O8P/c17-12-5-1-3-11(9-12)4-2-8-16(19,20)14-10-13(18)6-7-15(14)24-25(21,22)23/h1,3,5-7,9-10,17-20H,2,4,8H2,(H2,21,22,23). The normalized spacial score (nSPS) is 12.2. The van der Waals surface area contributed by atoms with Crippen LogP contribution in [0.4, 0.5) is 0 Å². The zero-order chi connectivity index (χ0) is 18.7. The number of phosphoric ester groups is 1. The Kier molecular flexibility index (Phi) is 5.72. The van der Waals surface area contributed by atoms with E-state index in [1.807, 2.05) is 0 Å². The van der Waals surface area contributed by atoms with Gasteiger partial charge in [-0.25, -0.2) is 4.57 Å². The van der Waals surface area contributed by atoms with E-state index in [1.54, 1.807) is 18.2 Å². The Labute approximate surface area is 143 Å². The van der Waals surface area contributed by atoms with Gasteiger partial charge in [0.05, 0.1) is 5.56 Å². The molecule has 0 aliphatic rings. The Morgan fingerprint density at radius 2 is 1.68 bits per heavy atom. The molecule has 0 radical (unpaired) electrons. The molecule has 0 aromatic heterocycles. The summed E-state index contributed by atoms with van der Waals surface area (Å²) < 4.78 is 15.5. The van der Waals surface area contributed by atoms with Crippen LogP contribution in [0.25, 0.3) is 0 Å². The van der Waals surface area contributed by atoms with Gasteiger partial charge in [-0.15, -0.1) is 0 Å². The first kappa shape index (κ1) is 19.2. The predicted molar refractivity (Wildman–Crippen MR) is 87.9 cm³/mol. The zero-order valence-corrected chi connectivity index (χ0v) is 14.0. The number of hydrogen-bond donors (Lipinski definition) is 6. The number of hydrogen-bond acceptors (Lipinski definition) is 6. The first-order valence-corrected chi connectivity index (χ1v) is 8.91. The molecule has 136 valence electrons. The fraction of sp³-hybridized carbons (Fsp3) is 0.250. The molecular formula is C16H19O8P. The Hall–Kier alpha value is -2.09. The minimum atomic E-state index is -4.91. The number of phosphoric acid groups is 1. The molecular weight excluding hydrogens is 351 g/mol. The van der Waals surface area contributed by atoms with Crippen molar-refractivity contribution >= 4 is 7.82 Å². The number of aromatic hydroxyl groups is 2. The summed E-state index contributed by atoms with van der Waals surface area (Å²) in [6, 6.07) is 9.62. The quantitative estimate of drug-likeness (QED) is 0.319. The third-order valence-electron chi connectivity index (χ3n) is 3.51. The van der Waals surface area contributed by atoms with Crippen LogP contribution in [0.1, 0.15) is 24.0 Å². The summed E-state index contributed by atoms with van der Waals surface area (Å²) in [4.78, 5) is 17.8. The number of phenolic OH excluding ortho intramolecular Hbond substituents is 2. The van der Waals surface area contributed by atoms with Gasteiger partial charge in [-0.2, -0.15) is 0 Å². The van der Waals surface area contributed by atoms with Crippen LogP contribution in [0.5, 0.6) is 17.2 Å². The molecule has 0 aliphatic carbocycles. The first-order valence-electron chi connectivity index (χ1n) is 7.38. The van der Waals surface area contributed by atoms with E-state index in [9.17, 15) is 25.0 Å². The summed E-state index contributed by atoms with van der Waals surface area (Å²) in [5.74, 6) is -3.12. The number of benzene rings is 2. The fourth-order valence-electron chi connectivity index (χ4n) is 2.42.